The van der Waals surface area contributed by atoms with Gasteiger partial charge in [0, 0.05) is 12.1 Å². The van der Waals surface area contributed by atoms with Gasteiger partial charge in [0.25, 0.3) is 0 Å². The first-order chi connectivity index (χ1) is 9.97. The average molecular weight is 355 g/mol. The fraction of sp³-hybridized carbons (Fsp3) is 0. The van der Waals surface area contributed by atoms with Crippen molar-refractivity contribution >= 4 is 28.0 Å². The van der Waals surface area contributed by atoms with E-state index in [-0.39, 0.29) is 21.5 Å². The third kappa shape index (κ3) is 3.88. The smallest absolute Gasteiger partial charge is 0.328 e. The molecule has 0 heterocycles. The number of ether oxygens (including phenoxy) is 1. The van der Waals surface area contributed by atoms with Crippen LogP contribution in [0.25, 0.3) is 6.08 Å². The van der Waals surface area contributed by atoms with E-state index in [1.165, 1.54) is 30.3 Å². The van der Waals surface area contributed by atoms with Crippen molar-refractivity contribution in [2.45, 2.75) is 0 Å². The topological polar surface area (TPSA) is 46.5 Å². The maximum Gasteiger partial charge on any atom is 0.328 e. The number of hydrogen-bond donors (Lipinski definition) is 1. The van der Waals surface area contributed by atoms with Crippen molar-refractivity contribution < 1.29 is 23.4 Å². The second-order valence-electron chi connectivity index (χ2n) is 4.00. The number of halogens is 3. The van der Waals surface area contributed by atoms with Crippen LogP contribution in [-0.4, -0.2) is 11.1 Å². The van der Waals surface area contributed by atoms with E-state index in [0.717, 1.165) is 18.2 Å². The number of aliphatic carboxylic acids is 1. The normalized spacial score (nSPS) is 10.8. The summed E-state index contributed by atoms with van der Waals surface area (Å²) in [5.74, 6) is -2.10. The van der Waals surface area contributed by atoms with Crippen LogP contribution in [0.15, 0.2) is 46.9 Å². The van der Waals surface area contributed by atoms with Crippen LogP contribution in [0.4, 0.5) is 8.78 Å². The molecule has 0 spiro atoms. The molecular weight excluding hydrogens is 346 g/mol. The van der Waals surface area contributed by atoms with Gasteiger partial charge in [-0.2, -0.15) is 0 Å². The van der Waals surface area contributed by atoms with Crippen molar-refractivity contribution in [1.82, 2.24) is 0 Å². The summed E-state index contributed by atoms with van der Waals surface area (Å²) in [5, 5.41) is 8.61. The predicted octanol–water partition coefficient (Wildman–Crippen LogP) is 4.62. The maximum absolute atomic E-state index is 13.7. The molecule has 1 N–H and O–H groups in total. The van der Waals surface area contributed by atoms with E-state index in [1.54, 1.807) is 0 Å². The monoisotopic (exact) mass is 354 g/mol. The zero-order chi connectivity index (χ0) is 15.4. The van der Waals surface area contributed by atoms with Gasteiger partial charge >= 0.3 is 5.97 Å². The molecule has 21 heavy (non-hydrogen) atoms. The Balaban J connectivity index is 2.37. The van der Waals surface area contributed by atoms with Gasteiger partial charge in [0.1, 0.15) is 23.1 Å². The number of carboxylic acids is 1. The van der Waals surface area contributed by atoms with E-state index >= 15 is 0 Å². The molecule has 0 aliphatic heterocycles. The summed E-state index contributed by atoms with van der Waals surface area (Å²) >= 11 is 3.01. The molecule has 0 saturated carbocycles. The summed E-state index contributed by atoms with van der Waals surface area (Å²) in [5.41, 5.74) is -0.0248. The van der Waals surface area contributed by atoms with Gasteiger partial charge in [-0.15, -0.1) is 0 Å². The quantitative estimate of drug-likeness (QED) is 0.815. The Morgan fingerprint density at radius 1 is 1.19 bits per heavy atom. The lowest BCUT2D eigenvalue weighted by atomic mass is 10.1. The maximum atomic E-state index is 13.7. The molecular formula is C15H9BrF2O3. The van der Waals surface area contributed by atoms with Gasteiger partial charge in [-0.25, -0.2) is 13.6 Å². The van der Waals surface area contributed by atoms with E-state index < -0.39 is 17.6 Å². The zero-order valence-corrected chi connectivity index (χ0v) is 12.1. The second kappa shape index (κ2) is 6.49. The number of carbonyl (C=O) groups is 1. The van der Waals surface area contributed by atoms with Crippen LogP contribution >= 0.6 is 15.9 Å². The molecule has 3 nitrogen and oxygen atoms in total. The molecule has 0 unspecified atom stereocenters. The predicted molar refractivity (Wildman–Crippen MR) is 77.2 cm³/mol. The zero-order valence-electron chi connectivity index (χ0n) is 10.5. The van der Waals surface area contributed by atoms with Gasteiger partial charge in [0.2, 0.25) is 0 Å². The van der Waals surface area contributed by atoms with Crippen molar-refractivity contribution in [3.05, 3.63) is 64.1 Å². The molecule has 2 rings (SSSR count). The molecule has 0 aliphatic rings. The van der Waals surface area contributed by atoms with Gasteiger partial charge in [-0.05, 0) is 46.3 Å². The number of hydrogen-bond acceptors (Lipinski definition) is 2. The summed E-state index contributed by atoms with van der Waals surface area (Å²) in [6.45, 7) is 0. The molecule has 0 amide bonds. The van der Waals surface area contributed by atoms with Crippen LogP contribution in [0.5, 0.6) is 11.5 Å². The van der Waals surface area contributed by atoms with Crippen molar-refractivity contribution in [2.24, 2.45) is 0 Å². The van der Waals surface area contributed by atoms with E-state index in [1.807, 2.05) is 0 Å². The first-order valence-corrected chi connectivity index (χ1v) is 6.59. The average Bonchev–Trinajstić information content (AvgIpc) is 2.42. The van der Waals surface area contributed by atoms with E-state index in [2.05, 4.69) is 15.9 Å². The number of carboxylic acid groups (broad SMARTS) is 1. The number of rotatable bonds is 4. The Morgan fingerprint density at radius 2 is 1.95 bits per heavy atom. The first-order valence-electron chi connectivity index (χ1n) is 5.80. The molecule has 0 saturated heterocycles. The van der Waals surface area contributed by atoms with Crippen LogP contribution in [0, 0.1) is 11.6 Å². The summed E-state index contributed by atoms with van der Waals surface area (Å²) in [7, 11) is 0. The highest BCUT2D eigenvalue weighted by Crippen LogP contribution is 2.30. The fourth-order valence-corrected chi connectivity index (χ4v) is 1.84. The van der Waals surface area contributed by atoms with Crippen molar-refractivity contribution in [3.8, 4) is 11.5 Å². The Labute approximate surface area is 127 Å². The standard InChI is InChI=1S/C15H9BrF2O3/c16-11-6-4-9(8-13(11)18)21-14-3-1-2-12(17)10(14)5-7-15(19)20/h1-8H,(H,19,20)/b7-5+. The number of benzene rings is 2. The summed E-state index contributed by atoms with van der Waals surface area (Å²) in [4.78, 5) is 10.5. The summed E-state index contributed by atoms with van der Waals surface area (Å²) < 4.78 is 32.9. The van der Waals surface area contributed by atoms with Crippen LogP contribution in [0.3, 0.4) is 0 Å². The van der Waals surface area contributed by atoms with E-state index in [4.69, 9.17) is 9.84 Å². The van der Waals surface area contributed by atoms with Crippen molar-refractivity contribution in [2.75, 3.05) is 0 Å². The third-order valence-electron chi connectivity index (χ3n) is 2.52. The van der Waals surface area contributed by atoms with E-state index in [0.29, 0.717) is 0 Å². The highest BCUT2D eigenvalue weighted by atomic mass is 79.9. The molecule has 2 aromatic rings. The van der Waals surface area contributed by atoms with Crippen LogP contribution in [0.2, 0.25) is 0 Å². The lowest BCUT2D eigenvalue weighted by Gasteiger charge is -2.10. The highest BCUT2D eigenvalue weighted by Gasteiger charge is 2.09. The molecule has 0 atom stereocenters. The summed E-state index contributed by atoms with van der Waals surface area (Å²) in [6, 6.07) is 8.15. The minimum atomic E-state index is -1.21. The van der Waals surface area contributed by atoms with E-state index in [9.17, 15) is 13.6 Å². The highest BCUT2D eigenvalue weighted by molar-refractivity contribution is 9.10. The first kappa shape index (κ1) is 15.2. The van der Waals surface area contributed by atoms with Gasteiger partial charge in [0.05, 0.1) is 10.0 Å². The minimum absolute atomic E-state index is 0.0248. The second-order valence-corrected chi connectivity index (χ2v) is 4.86. The Bertz CT molecular complexity index is 714. The van der Waals surface area contributed by atoms with Gasteiger partial charge in [-0.1, -0.05) is 6.07 Å². The lowest BCUT2D eigenvalue weighted by molar-refractivity contribution is -0.131. The van der Waals surface area contributed by atoms with Gasteiger partial charge in [0.15, 0.2) is 0 Å². The molecule has 6 heteroatoms. The van der Waals surface area contributed by atoms with Crippen LogP contribution < -0.4 is 4.74 Å². The SMILES string of the molecule is O=C(O)/C=C/c1c(F)cccc1Oc1ccc(Br)c(F)c1. The van der Waals surface area contributed by atoms with Crippen LogP contribution in [0.1, 0.15) is 5.56 Å². The third-order valence-corrected chi connectivity index (χ3v) is 3.17. The molecule has 108 valence electrons. The summed E-state index contributed by atoms with van der Waals surface area (Å²) in [6.07, 6.45) is 1.88. The lowest BCUT2D eigenvalue weighted by Crippen LogP contribution is -1.93. The van der Waals surface area contributed by atoms with Gasteiger partial charge < -0.3 is 9.84 Å². The van der Waals surface area contributed by atoms with Crippen molar-refractivity contribution in [1.29, 1.82) is 0 Å². The van der Waals surface area contributed by atoms with Gasteiger partial charge in [-0.3, -0.25) is 0 Å². The molecule has 0 radical (unpaired) electrons. The molecule has 0 bridgehead atoms. The van der Waals surface area contributed by atoms with Crippen molar-refractivity contribution in [3.63, 3.8) is 0 Å². The fourth-order valence-electron chi connectivity index (χ4n) is 1.59. The molecule has 0 fully saturated rings. The molecule has 0 aliphatic carbocycles. The minimum Gasteiger partial charge on any atom is -0.478 e. The molecule has 0 aromatic heterocycles. The Morgan fingerprint density at radius 3 is 2.62 bits per heavy atom. The largest absolute Gasteiger partial charge is 0.478 e. The van der Waals surface area contributed by atoms with Crippen LogP contribution in [-0.2, 0) is 4.79 Å². The Hall–Kier alpha value is -2.21. The Kier molecular flexibility index (Phi) is 4.70. The molecule has 2 aromatic carbocycles.